The zero-order valence-corrected chi connectivity index (χ0v) is 21.5. The van der Waals surface area contributed by atoms with Crippen molar-refractivity contribution in [1.82, 2.24) is 8.87 Å². The number of fused-ring (bicyclic) bond motifs is 1. The van der Waals surface area contributed by atoms with E-state index in [0.717, 1.165) is 28.3 Å². The maximum Gasteiger partial charge on any atom is 0.244 e. The van der Waals surface area contributed by atoms with Crippen molar-refractivity contribution in [2.45, 2.75) is 35.1 Å². The topological polar surface area (TPSA) is 76.4 Å². The second-order valence-corrected chi connectivity index (χ2v) is 13.1. The average Bonchev–Trinajstić information content (AvgIpc) is 3.22. The first-order chi connectivity index (χ1) is 17.1. The van der Waals surface area contributed by atoms with Crippen molar-refractivity contribution in [1.29, 1.82) is 0 Å². The normalized spacial score (nSPS) is 15.9. The first-order valence-corrected chi connectivity index (χ1v) is 15.1. The molecule has 1 fully saturated rings. The van der Waals surface area contributed by atoms with E-state index in [2.05, 4.69) is 16.8 Å². The number of sulfonamides is 1. The summed E-state index contributed by atoms with van der Waals surface area (Å²) in [6.45, 7) is 1.14. The molecule has 0 saturated carbocycles. The molecule has 1 saturated heterocycles. The minimum Gasteiger partial charge on any atom is -0.343 e. The van der Waals surface area contributed by atoms with Gasteiger partial charge in [-0.1, -0.05) is 42.5 Å². The fraction of sp³-hybridized carbons (Fsp3) is 0.259. The summed E-state index contributed by atoms with van der Waals surface area (Å²) in [6.07, 6.45) is 4.36. The predicted molar refractivity (Wildman–Crippen MR) is 138 cm³/mol. The van der Waals surface area contributed by atoms with Crippen LogP contribution in [0.25, 0.3) is 10.9 Å². The molecule has 2 heterocycles. The summed E-state index contributed by atoms with van der Waals surface area (Å²) < 4.78 is 68.4. The van der Waals surface area contributed by atoms with E-state index in [1.165, 1.54) is 34.6 Å². The highest BCUT2D eigenvalue weighted by Crippen LogP contribution is 2.36. The van der Waals surface area contributed by atoms with Crippen molar-refractivity contribution < 1.29 is 21.2 Å². The Morgan fingerprint density at radius 3 is 2.22 bits per heavy atom. The first kappa shape index (κ1) is 24.7. The largest absolute Gasteiger partial charge is 0.343 e. The van der Waals surface area contributed by atoms with Gasteiger partial charge in [0.05, 0.1) is 4.90 Å². The molecule has 1 aliphatic heterocycles. The molecule has 0 atom stereocenters. The van der Waals surface area contributed by atoms with E-state index in [1.807, 2.05) is 24.3 Å². The summed E-state index contributed by atoms with van der Waals surface area (Å²) in [5, 5.41) is 1.11. The van der Waals surface area contributed by atoms with Gasteiger partial charge in [0, 0.05) is 43.0 Å². The summed E-state index contributed by atoms with van der Waals surface area (Å²) in [4.78, 5) is -0.342. The van der Waals surface area contributed by atoms with Crippen LogP contribution in [0.2, 0.25) is 0 Å². The van der Waals surface area contributed by atoms with Gasteiger partial charge in [0.15, 0.2) is 9.84 Å². The third-order valence-corrected chi connectivity index (χ3v) is 10.1. The minimum atomic E-state index is -3.95. The van der Waals surface area contributed by atoms with E-state index in [1.54, 1.807) is 12.1 Å². The van der Waals surface area contributed by atoms with Gasteiger partial charge in [-0.15, -0.1) is 0 Å². The zero-order chi connectivity index (χ0) is 25.5. The van der Waals surface area contributed by atoms with Gasteiger partial charge in [-0.05, 0) is 60.2 Å². The van der Waals surface area contributed by atoms with Crippen LogP contribution >= 0.6 is 0 Å². The third-order valence-electron chi connectivity index (χ3n) is 6.82. The Kier molecular flexibility index (Phi) is 6.48. The van der Waals surface area contributed by atoms with Crippen LogP contribution in [0.5, 0.6) is 0 Å². The van der Waals surface area contributed by atoms with E-state index >= 15 is 0 Å². The highest BCUT2D eigenvalue weighted by Gasteiger charge is 2.33. The number of rotatable bonds is 6. The Balaban J connectivity index is 1.40. The first-order valence-electron chi connectivity index (χ1n) is 11.8. The monoisotopic (exact) mass is 526 g/mol. The van der Waals surface area contributed by atoms with Crippen LogP contribution in [-0.4, -0.2) is 45.1 Å². The molecule has 188 valence electrons. The van der Waals surface area contributed by atoms with Gasteiger partial charge in [0.25, 0.3) is 0 Å². The Labute approximate surface area is 211 Å². The zero-order valence-electron chi connectivity index (χ0n) is 19.8. The molecular weight excluding hydrogens is 499 g/mol. The van der Waals surface area contributed by atoms with Crippen molar-refractivity contribution in [2.24, 2.45) is 0 Å². The van der Waals surface area contributed by atoms with Gasteiger partial charge >= 0.3 is 0 Å². The van der Waals surface area contributed by atoms with Crippen molar-refractivity contribution in [2.75, 3.05) is 19.3 Å². The fourth-order valence-corrected chi connectivity index (χ4v) is 8.15. The van der Waals surface area contributed by atoms with E-state index in [-0.39, 0.29) is 21.5 Å². The van der Waals surface area contributed by atoms with Gasteiger partial charge in [-0.25, -0.2) is 21.2 Å². The molecule has 0 bridgehead atoms. The molecule has 0 spiro atoms. The molecule has 0 unspecified atom stereocenters. The number of sulfone groups is 1. The molecule has 1 aliphatic rings. The summed E-state index contributed by atoms with van der Waals surface area (Å²) in [5.74, 6) is -0.115. The molecule has 9 heteroatoms. The van der Waals surface area contributed by atoms with E-state index in [0.29, 0.717) is 32.5 Å². The van der Waals surface area contributed by atoms with Crippen molar-refractivity contribution in [3.05, 3.63) is 95.9 Å². The van der Waals surface area contributed by atoms with Crippen LogP contribution in [0.1, 0.15) is 29.9 Å². The van der Waals surface area contributed by atoms with Gasteiger partial charge in [-0.2, -0.15) is 4.31 Å². The minimum absolute atomic E-state index is 0.153. The van der Waals surface area contributed by atoms with Gasteiger partial charge in [0.2, 0.25) is 10.0 Å². The molecule has 5 rings (SSSR count). The molecule has 3 aromatic carbocycles. The number of piperidine rings is 1. The van der Waals surface area contributed by atoms with Crippen molar-refractivity contribution in [3.63, 3.8) is 0 Å². The highest BCUT2D eigenvalue weighted by atomic mass is 32.2. The van der Waals surface area contributed by atoms with Crippen LogP contribution in [0, 0.1) is 5.82 Å². The molecule has 6 nitrogen and oxygen atoms in total. The summed E-state index contributed by atoms with van der Waals surface area (Å²) in [5.41, 5.74) is 3.07. The molecule has 1 aromatic heterocycles. The SMILES string of the molecule is CS(=O)(=O)c1ccccc1S(=O)(=O)N1CCC(c2cn(Cc3cccc(F)c3)c3ccccc23)CC1. The molecule has 0 radical (unpaired) electrons. The fourth-order valence-electron chi connectivity index (χ4n) is 5.08. The molecule has 0 amide bonds. The lowest BCUT2D eigenvalue weighted by Gasteiger charge is -2.31. The Morgan fingerprint density at radius 2 is 1.53 bits per heavy atom. The van der Waals surface area contributed by atoms with Gasteiger partial charge in [0.1, 0.15) is 10.7 Å². The summed E-state index contributed by atoms with van der Waals surface area (Å²) in [7, 11) is -7.64. The lowest BCUT2D eigenvalue weighted by atomic mass is 9.90. The number of hydrogen-bond acceptors (Lipinski definition) is 4. The lowest BCUT2D eigenvalue weighted by Crippen LogP contribution is -2.38. The number of halogens is 1. The van der Waals surface area contributed by atoms with E-state index < -0.39 is 19.9 Å². The summed E-state index contributed by atoms with van der Waals surface area (Å²) in [6, 6.07) is 20.4. The quantitative estimate of drug-likeness (QED) is 0.362. The van der Waals surface area contributed by atoms with E-state index in [9.17, 15) is 21.2 Å². The second kappa shape index (κ2) is 9.46. The van der Waals surface area contributed by atoms with Gasteiger partial charge < -0.3 is 4.57 Å². The highest BCUT2D eigenvalue weighted by molar-refractivity contribution is 7.93. The Hall–Kier alpha value is -3.01. The number of aromatic nitrogens is 1. The van der Waals surface area contributed by atoms with E-state index in [4.69, 9.17) is 0 Å². The Morgan fingerprint density at radius 1 is 0.861 bits per heavy atom. The molecule has 0 aliphatic carbocycles. The third kappa shape index (κ3) is 4.70. The predicted octanol–water partition coefficient (Wildman–Crippen LogP) is 4.80. The number of nitrogens with zero attached hydrogens (tertiary/aromatic N) is 2. The lowest BCUT2D eigenvalue weighted by molar-refractivity contribution is 0.319. The maximum atomic E-state index is 13.7. The summed E-state index contributed by atoms with van der Waals surface area (Å²) >= 11 is 0. The Bertz CT molecular complexity index is 1640. The van der Waals surface area contributed by atoms with Crippen LogP contribution in [0.3, 0.4) is 0 Å². The molecule has 0 N–H and O–H groups in total. The smallest absolute Gasteiger partial charge is 0.244 e. The molecule has 4 aromatic rings. The van der Waals surface area contributed by atoms with Crippen LogP contribution < -0.4 is 0 Å². The maximum absolute atomic E-state index is 13.7. The van der Waals surface area contributed by atoms with Crippen molar-refractivity contribution >= 4 is 30.8 Å². The number of benzene rings is 3. The van der Waals surface area contributed by atoms with Crippen LogP contribution in [0.4, 0.5) is 4.39 Å². The van der Waals surface area contributed by atoms with Crippen LogP contribution in [-0.2, 0) is 26.4 Å². The standard InChI is InChI=1S/C27H27FN2O4S2/c1-35(31,32)26-11-4-5-12-27(26)36(33,34)30-15-13-21(14-16-30)24-19-29(25-10-3-2-9-23(24)25)18-20-7-6-8-22(28)17-20/h2-12,17,19,21H,13-16,18H2,1H3. The second-order valence-electron chi connectivity index (χ2n) is 9.26. The molecular formula is C27H27FN2O4S2. The molecule has 36 heavy (non-hydrogen) atoms. The van der Waals surface area contributed by atoms with Crippen molar-refractivity contribution in [3.8, 4) is 0 Å². The average molecular weight is 527 g/mol. The number of hydrogen-bond donors (Lipinski definition) is 0. The number of para-hydroxylation sites is 1. The van der Waals surface area contributed by atoms with Gasteiger partial charge in [-0.3, -0.25) is 0 Å². The van der Waals surface area contributed by atoms with Crippen LogP contribution in [0.15, 0.2) is 88.8 Å².